The Morgan fingerprint density at radius 1 is 1.54 bits per heavy atom. The molecule has 2 aliphatic rings. The molecule has 0 aromatic heterocycles. The van der Waals surface area contributed by atoms with Gasteiger partial charge in [-0.3, -0.25) is 4.79 Å². The van der Waals surface area contributed by atoms with E-state index in [1.165, 1.54) is 12.8 Å². The van der Waals surface area contributed by atoms with Crippen molar-refractivity contribution < 1.29 is 4.79 Å². The molecule has 2 heterocycles. The zero-order valence-electron chi connectivity index (χ0n) is 7.83. The summed E-state index contributed by atoms with van der Waals surface area (Å²) in [6.07, 6.45) is 2.50. The van der Waals surface area contributed by atoms with Gasteiger partial charge in [-0.15, -0.1) is 0 Å². The minimum atomic E-state index is 0.0937. The Morgan fingerprint density at radius 2 is 2.38 bits per heavy atom. The first kappa shape index (κ1) is 8.97. The van der Waals surface area contributed by atoms with E-state index in [4.69, 9.17) is 5.73 Å². The number of carbonyl (C=O) groups excluding carboxylic acids is 1. The zero-order chi connectivity index (χ0) is 9.26. The first-order chi connectivity index (χ1) is 6.31. The minimum Gasteiger partial charge on any atom is -0.340 e. The third-order valence-electron chi connectivity index (χ3n) is 3.13. The molecule has 0 bridgehead atoms. The van der Waals surface area contributed by atoms with Crippen LogP contribution >= 0.6 is 0 Å². The number of piperidine rings is 1. The summed E-state index contributed by atoms with van der Waals surface area (Å²) in [5.41, 5.74) is 5.33. The minimum absolute atomic E-state index is 0.0937. The smallest absolute Gasteiger partial charge is 0.236 e. The molecular formula is C9H17N3O. The Labute approximate surface area is 78.5 Å². The largest absolute Gasteiger partial charge is 0.340 e. The standard InChI is InChI=1S/C9H17N3O/c10-4-9(13)12-5-7-2-1-3-11-8(7)6-12/h7-8,11H,1-6,10H2. The molecule has 2 rings (SSSR count). The van der Waals surface area contributed by atoms with Crippen molar-refractivity contribution in [1.82, 2.24) is 10.2 Å². The summed E-state index contributed by atoms with van der Waals surface area (Å²) >= 11 is 0. The van der Waals surface area contributed by atoms with Crippen LogP contribution in [0.25, 0.3) is 0 Å². The van der Waals surface area contributed by atoms with E-state index in [0.29, 0.717) is 12.0 Å². The second kappa shape index (κ2) is 3.64. The van der Waals surface area contributed by atoms with Crippen LogP contribution in [0.3, 0.4) is 0 Å². The van der Waals surface area contributed by atoms with Crippen molar-refractivity contribution in [3.8, 4) is 0 Å². The maximum Gasteiger partial charge on any atom is 0.236 e. The van der Waals surface area contributed by atoms with Crippen molar-refractivity contribution in [2.75, 3.05) is 26.2 Å². The van der Waals surface area contributed by atoms with Gasteiger partial charge < -0.3 is 16.0 Å². The lowest BCUT2D eigenvalue weighted by Gasteiger charge is -2.24. The van der Waals surface area contributed by atoms with Crippen molar-refractivity contribution in [1.29, 1.82) is 0 Å². The first-order valence-electron chi connectivity index (χ1n) is 5.02. The molecule has 0 aromatic carbocycles. The first-order valence-corrected chi connectivity index (χ1v) is 5.02. The molecule has 4 nitrogen and oxygen atoms in total. The molecule has 2 unspecified atom stereocenters. The Kier molecular flexibility index (Phi) is 2.51. The molecule has 4 heteroatoms. The number of hydrogen-bond donors (Lipinski definition) is 2. The summed E-state index contributed by atoms with van der Waals surface area (Å²) in [4.78, 5) is 13.2. The third-order valence-corrected chi connectivity index (χ3v) is 3.13. The summed E-state index contributed by atoms with van der Waals surface area (Å²) in [5, 5.41) is 3.46. The van der Waals surface area contributed by atoms with Crippen LogP contribution < -0.4 is 11.1 Å². The number of rotatable bonds is 1. The number of likely N-dealkylation sites (tertiary alicyclic amines) is 1. The number of hydrogen-bond acceptors (Lipinski definition) is 3. The number of nitrogens with zero attached hydrogens (tertiary/aromatic N) is 1. The van der Waals surface area contributed by atoms with Crippen molar-refractivity contribution in [3.05, 3.63) is 0 Å². The number of nitrogens with one attached hydrogen (secondary N) is 1. The van der Waals surface area contributed by atoms with E-state index in [-0.39, 0.29) is 12.5 Å². The van der Waals surface area contributed by atoms with Gasteiger partial charge in [0.15, 0.2) is 0 Å². The average Bonchev–Trinajstić information content (AvgIpc) is 2.59. The molecule has 13 heavy (non-hydrogen) atoms. The normalized spacial score (nSPS) is 33.2. The van der Waals surface area contributed by atoms with Crippen molar-refractivity contribution in [2.45, 2.75) is 18.9 Å². The lowest BCUT2D eigenvalue weighted by atomic mass is 9.94. The number of nitrogens with two attached hydrogens (primary N) is 1. The Hall–Kier alpha value is -0.610. The quantitative estimate of drug-likeness (QED) is 0.557. The molecule has 1 amide bonds. The highest BCUT2D eigenvalue weighted by Crippen LogP contribution is 2.24. The summed E-state index contributed by atoms with van der Waals surface area (Å²) in [5.74, 6) is 0.764. The fourth-order valence-corrected chi connectivity index (χ4v) is 2.38. The molecule has 2 aliphatic heterocycles. The lowest BCUT2D eigenvalue weighted by Crippen LogP contribution is -2.41. The van der Waals surface area contributed by atoms with Crippen LogP contribution in [0.5, 0.6) is 0 Å². The van der Waals surface area contributed by atoms with E-state index >= 15 is 0 Å². The third kappa shape index (κ3) is 1.69. The predicted molar refractivity (Wildman–Crippen MR) is 50.1 cm³/mol. The summed E-state index contributed by atoms with van der Waals surface area (Å²) in [6.45, 7) is 3.03. The van der Waals surface area contributed by atoms with Gasteiger partial charge in [0.05, 0.1) is 6.54 Å². The van der Waals surface area contributed by atoms with Gasteiger partial charge in [0.1, 0.15) is 0 Å². The van der Waals surface area contributed by atoms with Crippen LogP contribution in [0.4, 0.5) is 0 Å². The molecule has 2 fully saturated rings. The maximum absolute atomic E-state index is 11.3. The van der Waals surface area contributed by atoms with Gasteiger partial charge in [-0.1, -0.05) is 0 Å². The molecule has 0 aromatic rings. The van der Waals surface area contributed by atoms with Crippen LogP contribution in [0, 0.1) is 5.92 Å². The van der Waals surface area contributed by atoms with E-state index < -0.39 is 0 Å². The summed E-state index contributed by atoms with van der Waals surface area (Å²) in [7, 11) is 0. The van der Waals surface area contributed by atoms with Crippen LogP contribution in [-0.2, 0) is 4.79 Å². The lowest BCUT2D eigenvalue weighted by molar-refractivity contribution is -0.128. The summed E-state index contributed by atoms with van der Waals surface area (Å²) in [6, 6.07) is 0.532. The molecule has 2 saturated heterocycles. The van der Waals surface area contributed by atoms with Crippen LogP contribution in [-0.4, -0.2) is 43.0 Å². The predicted octanol–water partition coefficient (Wildman–Crippen LogP) is -0.844. The Bertz CT molecular complexity index is 193. The SMILES string of the molecule is NCC(=O)N1CC2CCCNC2C1. The van der Waals surface area contributed by atoms with Gasteiger partial charge in [-0.2, -0.15) is 0 Å². The van der Waals surface area contributed by atoms with Gasteiger partial charge in [0.2, 0.25) is 5.91 Å². The van der Waals surface area contributed by atoms with E-state index in [1.807, 2.05) is 4.90 Å². The molecular weight excluding hydrogens is 166 g/mol. The fraction of sp³-hybridized carbons (Fsp3) is 0.889. The molecule has 0 radical (unpaired) electrons. The van der Waals surface area contributed by atoms with Gasteiger partial charge in [-0.25, -0.2) is 0 Å². The van der Waals surface area contributed by atoms with Crippen LogP contribution in [0.1, 0.15) is 12.8 Å². The van der Waals surface area contributed by atoms with E-state index in [2.05, 4.69) is 5.32 Å². The molecule has 2 atom stereocenters. The topological polar surface area (TPSA) is 58.4 Å². The van der Waals surface area contributed by atoms with Gasteiger partial charge in [-0.05, 0) is 25.3 Å². The molecule has 0 spiro atoms. The number of fused-ring (bicyclic) bond motifs is 1. The second-order valence-corrected chi connectivity index (χ2v) is 3.97. The Balaban J connectivity index is 1.94. The number of amides is 1. The van der Waals surface area contributed by atoms with Crippen LogP contribution in [0.15, 0.2) is 0 Å². The van der Waals surface area contributed by atoms with Crippen molar-refractivity contribution in [2.24, 2.45) is 11.7 Å². The van der Waals surface area contributed by atoms with E-state index in [9.17, 15) is 4.79 Å². The van der Waals surface area contributed by atoms with Gasteiger partial charge >= 0.3 is 0 Å². The molecule has 0 aliphatic carbocycles. The fourth-order valence-electron chi connectivity index (χ4n) is 2.38. The van der Waals surface area contributed by atoms with Crippen molar-refractivity contribution >= 4 is 5.91 Å². The van der Waals surface area contributed by atoms with E-state index in [0.717, 1.165) is 19.6 Å². The highest BCUT2D eigenvalue weighted by Gasteiger charge is 2.35. The zero-order valence-corrected chi connectivity index (χ0v) is 7.83. The maximum atomic E-state index is 11.3. The summed E-state index contributed by atoms with van der Waals surface area (Å²) < 4.78 is 0. The van der Waals surface area contributed by atoms with E-state index in [1.54, 1.807) is 0 Å². The van der Waals surface area contributed by atoms with Crippen LogP contribution in [0.2, 0.25) is 0 Å². The van der Waals surface area contributed by atoms with Gasteiger partial charge in [0.25, 0.3) is 0 Å². The van der Waals surface area contributed by atoms with Gasteiger partial charge in [0, 0.05) is 19.1 Å². The second-order valence-electron chi connectivity index (χ2n) is 3.97. The highest BCUT2D eigenvalue weighted by molar-refractivity contribution is 5.78. The molecule has 74 valence electrons. The molecule has 0 saturated carbocycles. The Morgan fingerprint density at radius 3 is 3.08 bits per heavy atom. The average molecular weight is 183 g/mol. The highest BCUT2D eigenvalue weighted by atomic mass is 16.2. The molecule has 3 N–H and O–H groups in total. The van der Waals surface area contributed by atoms with Crippen molar-refractivity contribution in [3.63, 3.8) is 0 Å². The monoisotopic (exact) mass is 183 g/mol. The number of carbonyl (C=O) groups is 1.